The lowest BCUT2D eigenvalue weighted by Crippen LogP contribution is -2.55. The van der Waals surface area contributed by atoms with Gasteiger partial charge >= 0.3 is 12.2 Å². The molecule has 3 aromatic carbocycles. The summed E-state index contributed by atoms with van der Waals surface area (Å²) < 4.78 is 21.9. The van der Waals surface area contributed by atoms with E-state index in [1.807, 2.05) is 49.9 Å². The molecule has 4 aliphatic rings. The van der Waals surface area contributed by atoms with Crippen LogP contribution in [0.3, 0.4) is 0 Å². The van der Waals surface area contributed by atoms with Crippen LogP contribution in [-0.4, -0.2) is 117 Å². The Hall–Kier alpha value is -6.26. The molecule has 12 atom stereocenters. The summed E-state index contributed by atoms with van der Waals surface area (Å²) in [7, 11) is 2.64. The average Bonchev–Trinajstić information content (AvgIpc) is 4.18. The summed E-state index contributed by atoms with van der Waals surface area (Å²) in [4.78, 5) is 74.5. The van der Waals surface area contributed by atoms with Crippen LogP contribution in [0.1, 0.15) is 117 Å². The summed E-state index contributed by atoms with van der Waals surface area (Å²) in [5.41, 5.74) is 5.85. The number of rotatable bonds is 11. The van der Waals surface area contributed by atoms with Gasteiger partial charge in [0.1, 0.15) is 23.7 Å². The normalized spacial score (nSPS) is 27.8. The van der Waals surface area contributed by atoms with Crippen LogP contribution >= 0.6 is 0 Å². The van der Waals surface area contributed by atoms with Crippen molar-refractivity contribution in [2.75, 3.05) is 14.2 Å². The Morgan fingerprint density at radius 3 is 1.39 bits per heavy atom. The van der Waals surface area contributed by atoms with Crippen molar-refractivity contribution >= 4 is 34.8 Å². The minimum Gasteiger partial charge on any atom is -0.453 e. The first-order valence-corrected chi connectivity index (χ1v) is 25.1. The molecule has 0 radical (unpaired) electrons. The van der Waals surface area contributed by atoms with E-state index in [0.717, 1.165) is 81.7 Å². The molecule has 0 aliphatic carbocycles. The molecule has 0 bridgehead atoms. The Labute approximate surface area is 410 Å². The number of nitrogens with one attached hydrogen (secondary N) is 4. The summed E-state index contributed by atoms with van der Waals surface area (Å²) in [6.07, 6.45) is 8.14. The van der Waals surface area contributed by atoms with Crippen LogP contribution in [0, 0.1) is 11.8 Å². The summed E-state index contributed by atoms with van der Waals surface area (Å²) in [6, 6.07) is 19.2. The molecule has 4 aliphatic heterocycles. The molecule has 5 aromatic rings. The fraction of sp³-hybridized carbons (Fsp3) is 0.519. The molecule has 372 valence electrons. The third kappa shape index (κ3) is 10.2. The predicted molar refractivity (Wildman–Crippen MR) is 265 cm³/mol. The van der Waals surface area contributed by atoms with Gasteiger partial charge in [0.05, 0.1) is 74.5 Å². The number of hydrogen-bond acceptors (Lipinski definition) is 10. The molecule has 0 saturated carbocycles. The second-order valence-corrected chi connectivity index (χ2v) is 20.3. The van der Waals surface area contributed by atoms with Crippen molar-refractivity contribution in [1.82, 2.24) is 40.4 Å². The predicted octanol–water partition coefficient (Wildman–Crippen LogP) is 9.25. The lowest BCUT2D eigenvalue weighted by molar-refractivity contribution is -0.141. The number of hydrogen-bond donors (Lipinski definition) is 4. The maximum atomic E-state index is 14.5. The zero-order valence-corrected chi connectivity index (χ0v) is 41.6. The molecule has 4 amide bonds. The molecule has 16 heteroatoms. The Balaban J connectivity index is 0.878. The maximum Gasteiger partial charge on any atom is 0.407 e. The monoisotopic (exact) mass is 957 g/mol. The minimum atomic E-state index is -0.737. The lowest BCUT2D eigenvalue weighted by Gasteiger charge is -2.39. The molecule has 4 saturated heterocycles. The molecule has 6 heterocycles. The standard InChI is InChI=1S/C54H68N8O8/c1-29-9-19-45(61(29)51(63)47(59-53(65)67-7)41-21-31(3)69-32(4)22-41)49-55-27-43(57-49)36-13-11-35(12-14-36)37-15-16-39-26-40(18-17-38(39)25-37)44-28-56-50(58-44)46-20-10-30(2)62(46)52(64)48(60-54(66)68-8)42-23-33(5)70-34(6)24-42/h11-18,25-34,41-42,45-48H,9-10,19-24H2,1-8H3,(H,55,57)(H,56,58)(H,59,65)(H,60,66)/t29-,30-,31-,32+,33-,34+,41?,42?,45-,46-,47-,48+/m0/s1. The van der Waals surface area contributed by atoms with E-state index < -0.39 is 24.3 Å². The third-order valence-corrected chi connectivity index (χ3v) is 15.2. The number of ether oxygens (including phenoxy) is 4. The molecule has 0 spiro atoms. The zero-order valence-electron chi connectivity index (χ0n) is 41.6. The van der Waals surface area contributed by atoms with E-state index in [1.165, 1.54) is 14.2 Å². The minimum absolute atomic E-state index is 0.0238. The highest BCUT2D eigenvalue weighted by molar-refractivity contribution is 5.91. The highest BCUT2D eigenvalue weighted by Gasteiger charge is 2.46. The van der Waals surface area contributed by atoms with Crippen molar-refractivity contribution in [3.63, 3.8) is 0 Å². The Kier molecular flexibility index (Phi) is 14.3. The van der Waals surface area contributed by atoms with E-state index in [4.69, 9.17) is 28.9 Å². The highest BCUT2D eigenvalue weighted by atomic mass is 16.5. The largest absolute Gasteiger partial charge is 0.453 e. The second-order valence-electron chi connectivity index (χ2n) is 20.3. The van der Waals surface area contributed by atoms with Gasteiger partial charge in [-0.1, -0.05) is 48.5 Å². The van der Waals surface area contributed by atoms with Crippen molar-refractivity contribution < 1.29 is 38.1 Å². The molecule has 2 aromatic heterocycles. The number of alkyl carbamates (subject to hydrolysis) is 2. The number of carbonyl (C=O) groups excluding carboxylic acids is 4. The summed E-state index contributed by atoms with van der Waals surface area (Å²) in [6.45, 7) is 12.2. The number of nitrogens with zero attached hydrogens (tertiary/aromatic N) is 4. The number of fused-ring (bicyclic) bond motifs is 1. The lowest BCUT2D eigenvalue weighted by atomic mass is 9.85. The number of imidazole rings is 2. The van der Waals surface area contributed by atoms with Gasteiger partial charge in [-0.15, -0.1) is 0 Å². The Bertz CT molecular complexity index is 2660. The van der Waals surface area contributed by atoms with Crippen LogP contribution in [0.2, 0.25) is 0 Å². The van der Waals surface area contributed by atoms with Crippen molar-refractivity contribution in [3.8, 4) is 33.6 Å². The number of H-pyrrole nitrogens is 2. The van der Waals surface area contributed by atoms with E-state index in [2.05, 4.69) is 95.1 Å². The number of methoxy groups -OCH3 is 2. The van der Waals surface area contributed by atoms with Crippen molar-refractivity contribution in [1.29, 1.82) is 0 Å². The van der Waals surface area contributed by atoms with Crippen LogP contribution in [-0.2, 0) is 28.5 Å². The van der Waals surface area contributed by atoms with Gasteiger partial charge in [-0.05, 0) is 144 Å². The number of aromatic nitrogens is 4. The van der Waals surface area contributed by atoms with Crippen LogP contribution in [0.25, 0.3) is 44.4 Å². The quantitative estimate of drug-likeness (QED) is 0.0992. The van der Waals surface area contributed by atoms with E-state index >= 15 is 0 Å². The molecule has 70 heavy (non-hydrogen) atoms. The zero-order chi connectivity index (χ0) is 49.4. The van der Waals surface area contributed by atoms with Crippen LogP contribution in [0.4, 0.5) is 9.59 Å². The summed E-state index contributed by atoms with van der Waals surface area (Å²) in [5, 5.41) is 7.95. The van der Waals surface area contributed by atoms with E-state index in [1.54, 1.807) is 0 Å². The topological polar surface area (TPSA) is 193 Å². The van der Waals surface area contributed by atoms with Crippen molar-refractivity contribution in [2.24, 2.45) is 11.8 Å². The van der Waals surface area contributed by atoms with Gasteiger partial charge in [0.15, 0.2) is 0 Å². The van der Waals surface area contributed by atoms with Gasteiger partial charge in [0.25, 0.3) is 0 Å². The van der Waals surface area contributed by atoms with E-state index in [0.29, 0.717) is 25.7 Å². The van der Waals surface area contributed by atoms with Gasteiger partial charge in [-0.2, -0.15) is 0 Å². The molecule has 16 nitrogen and oxygen atoms in total. The van der Waals surface area contributed by atoms with Gasteiger partial charge in [0.2, 0.25) is 11.8 Å². The molecule has 9 rings (SSSR count). The average molecular weight is 957 g/mol. The first-order chi connectivity index (χ1) is 33.7. The number of carbonyl (C=O) groups is 4. The Morgan fingerprint density at radius 1 is 0.557 bits per heavy atom. The first-order valence-electron chi connectivity index (χ1n) is 25.1. The third-order valence-electron chi connectivity index (χ3n) is 15.2. The Morgan fingerprint density at radius 2 is 0.943 bits per heavy atom. The van der Waals surface area contributed by atoms with E-state index in [9.17, 15) is 19.2 Å². The van der Waals surface area contributed by atoms with Crippen LogP contribution < -0.4 is 10.6 Å². The molecule has 2 unspecified atom stereocenters. The molecule has 4 fully saturated rings. The number of amides is 4. The fourth-order valence-corrected chi connectivity index (χ4v) is 11.9. The molecular weight excluding hydrogens is 889 g/mol. The van der Waals surface area contributed by atoms with Gasteiger partial charge in [-0.3, -0.25) is 9.59 Å². The van der Waals surface area contributed by atoms with Crippen LogP contribution in [0.15, 0.2) is 73.1 Å². The number of likely N-dealkylation sites (tertiary alicyclic amines) is 2. The van der Waals surface area contributed by atoms with E-state index in [-0.39, 0.29) is 72.2 Å². The molecule has 4 N–H and O–H groups in total. The van der Waals surface area contributed by atoms with Crippen molar-refractivity contribution in [2.45, 2.75) is 154 Å². The summed E-state index contributed by atoms with van der Waals surface area (Å²) >= 11 is 0. The summed E-state index contributed by atoms with van der Waals surface area (Å²) in [5.74, 6) is 1.03. The van der Waals surface area contributed by atoms with Gasteiger partial charge in [-0.25, -0.2) is 19.6 Å². The fourth-order valence-electron chi connectivity index (χ4n) is 11.9. The molecular formula is C54H68N8O8. The number of aromatic amines is 2. The van der Waals surface area contributed by atoms with Crippen molar-refractivity contribution in [3.05, 3.63) is 84.7 Å². The SMILES string of the molecule is COC(=O)N[C@H](C(=O)N1[C@@H](C)CC[C@H]1c1ncc(-c2ccc(-c3ccc4cc(-c5cnc([C@@H]6CC[C@H](C)N6C(=O)[C@H](NC(=O)OC)C6C[C@@H](C)O[C@@H](C)C6)[nH]5)ccc4c3)cc2)[nH]1)C1C[C@@H](C)O[C@@H](C)C1. The maximum absolute atomic E-state index is 14.5. The smallest absolute Gasteiger partial charge is 0.407 e. The highest BCUT2D eigenvalue weighted by Crippen LogP contribution is 2.41. The van der Waals surface area contributed by atoms with Gasteiger partial charge in [0, 0.05) is 17.6 Å². The number of benzene rings is 3. The van der Waals surface area contributed by atoms with Gasteiger partial charge < -0.3 is 49.3 Å². The first kappa shape index (κ1) is 48.8. The second kappa shape index (κ2) is 20.6. The van der Waals surface area contributed by atoms with Crippen LogP contribution in [0.5, 0.6) is 0 Å².